The van der Waals surface area contributed by atoms with Crippen LogP contribution in [0, 0.1) is 12.3 Å². The highest BCUT2D eigenvalue weighted by atomic mass is 16.3. The molecule has 1 aromatic rings. The predicted molar refractivity (Wildman–Crippen MR) is 65.9 cm³/mol. The van der Waals surface area contributed by atoms with Crippen molar-refractivity contribution < 1.29 is 9.21 Å². The molecule has 2 rings (SSSR count). The van der Waals surface area contributed by atoms with E-state index < -0.39 is 0 Å². The van der Waals surface area contributed by atoms with Crippen molar-refractivity contribution in [3.05, 3.63) is 23.2 Å². The smallest absolute Gasteiger partial charge is 0.315 e. The van der Waals surface area contributed by atoms with Gasteiger partial charge in [0.05, 0.1) is 6.04 Å². The molecule has 2 N–H and O–H groups in total. The van der Waals surface area contributed by atoms with E-state index in [9.17, 15) is 4.79 Å². The molecule has 1 aliphatic carbocycles. The molecule has 1 heterocycles. The van der Waals surface area contributed by atoms with Crippen molar-refractivity contribution >= 4 is 6.03 Å². The van der Waals surface area contributed by atoms with Crippen molar-refractivity contribution in [2.24, 2.45) is 5.41 Å². The zero-order valence-corrected chi connectivity index (χ0v) is 10.9. The second kappa shape index (κ2) is 4.09. The van der Waals surface area contributed by atoms with Crippen molar-refractivity contribution in [2.45, 2.75) is 39.7 Å². The molecule has 1 aromatic heterocycles. The van der Waals surface area contributed by atoms with E-state index in [4.69, 9.17) is 4.42 Å². The van der Waals surface area contributed by atoms with Crippen LogP contribution >= 0.6 is 0 Å². The number of hydrogen-bond acceptors (Lipinski definition) is 2. The fraction of sp³-hybridized carbons (Fsp3) is 0.615. The van der Waals surface area contributed by atoms with Gasteiger partial charge < -0.3 is 15.1 Å². The van der Waals surface area contributed by atoms with E-state index in [-0.39, 0.29) is 17.5 Å². The zero-order chi connectivity index (χ0) is 12.6. The van der Waals surface area contributed by atoms with Gasteiger partial charge in [-0.1, -0.05) is 13.8 Å². The standard InChI is InChI=1S/C13H20N2O2/c1-8-5-9-10(15-12(16)14-4)6-13(2,3)7-11(9)17-8/h5,10H,6-7H2,1-4H3,(H2,14,15,16)/t10-/m0/s1. The molecule has 4 nitrogen and oxygen atoms in total. The monoisotopic (exact) mass is 236 g/mol. The van der Waals surface area contributed by atoms with E-state index in [1.807, 2.05) is 13.0 Å². The number of urea groups is 1. The summed E-state index contributed by atoms with van der Waals surface area (Å²) in [5, 5.41) is 5.58. The Morgan fingerprint density at radius 2 is 2.24 bits per heavy atom. The number of nitrogens with one attached hydrogen (secondary N) is 2. The van der Waals surface area contributed by atoms with Gasteiger partial charge in [0.1, 0.15) is 11.5 Å². The van der Waals surface area contributed by atoms with E-state index in [0.29, 0.717) is 0 Å². The predicted octanol–water partition coefficient (Wildman–Crippen LogP) is 2.53. The van der Waals surface area contributed by atoms with E-state index >= 15 is 0 Å². The first-order valence-electron chi connectivity index (χ1n) is 5.99. The Bertz CT molecular complexity index is 435. The Labute approximate surface area is 102 Å². The first-order chi connectivity index (χ1) is 7.91. The lowest BCUT2D eigenvalue weighted by Gasteiger charge is -2.34. The molecule has 0 saturated heterocycles. The quantitative estimate of drug-likeness (QED) is 0.787. The average molecular weight is 236 g/mol. The van der Waals surface area contributed by atoms with Gasteiger partial charge in [-0.2, -0.15) is 0 Å². The highest BCUT2D eigenvalue weighted by Gasteiger charge is 2.35. The van der Waals surface area contributed by atoms with Crippen LogP contribution in [0.15, 0.2) is 10.5 Å². The van der Waals surface area contributed by atoms with Crippen LogP contribution in [0.2, 0.25) is 0 Å². The highest BCUT2D eigenvalue weighted by Crippen LogP contribution is 2.41. The zero-order valence-electron chi connectivity index (χ0n) is 10.9. The minimum atomic E-state index is -0.141. The minimum Gasteiger partial charge on any atom is -0.466 e. The minimum absolute atomic E-state index is 0.0474. The second-order valence-electron chi connectivity index (χ2n) is 5.56. The molecule has 1 aliphatic rings. The molecule has 17 heavy (non-hydrogen) atoms. The summed E-state index contributed by atoms with van der Waals surface area (Å²) in [4.78, 5) is 11.5. The van der Waals surface area contributed by atoms with Crippen molar-refractivity contribution in [3.63, 3.8) is 0 Å². The highest BCUT2D eigenvalue weighted by molar-refractivity contribution is 5.74. The molecular formula is C13H20N2O2. The third-order valence-electron chi connectivity index (χ3n) is 3.27. The summed E-state index contributed by atoms with van der Waals surface area (Å²) in [7, 11) is 1.63. The molecule has 0 aliphatic heterocycles. The van der Waals surface area contributed by atoms with Crippen molar-refractivity contribution in [1.29, 1.82) is 0 Å². The maximum absolute atomic E-state index is 11.5. The summed E-state index contributed by atoms with van der Waals surface area (Å²) >= 11 is 0. The van der Waals surface area contributed by atoms with E-state index in [0.717, 1.165) is 29.9 Å². The summed E-state index contributed by atoms with van der Waals surface area (Å²) in [6.07, 6.45) is 1.87. The normalized spacial score (nSPS) is 21.8. The Hall–Kier alpha value is -1.45. The number of hydrogen-bond donors (Lipinski definition) is 2. The number of amides is 2. The Morgan fingerprint density at radius 3 is 2.88 bits per heavy atom. The van der Waals surface area contributed by atoms with Crippen LogP contribution < -0.4 is 10.6 Å². The summed E-state index contributed by atoms with van der Waals surface area (Å²) < 4.78 is 5.72. The summed E-state index contributed by atoms with van der Waals surface area (Å²) in [5.74, 6) is 1.93. The van der Waals surface area contributed by atoms with Crippen LogP contribution in [0.5, 0.6) is 0 Å². The molecule has 0 unspecified atom stereocenters. The summed E-state index contributed by atoms with van der Waals surface area (Å²) in [5.41, 5.74) is 1.29. The molecule has 94 valence electrons. The molecular weight excluding hydrogens is 216 g/mol. The number of carbonyl (C=O) groups excluding carboxylic acids is 1. The summed E-state index contributed by atoms with van der Waals surface area (Å²) in [6, 6.07) is 1.94. The van der Waals surface area contributed by atoms with Gasteiger partial charge >= 0.3 is 6.03 Å². The van der Waals surface area contributed by atoms with E-state index in [1.54, 1.807) is 7.05 Å². The lowest BCUT2D eigenvalue weighted by atomic mass is 9.75. The lowest BCUT2D eigenvalue weighted by Crippen LogP contribution is -2.40. The van der Waals surface area contributed by atoms with Crippen LogP contribution in [-0.2, 0) is 6.42 Å². The van der Waals surface area contributed by atoms with Gasteiger partial charge in [-0.15, -0.1) is 0 Å². The van der Waals surface area contributed by atoms with Crippen LogP contribution in [0.1, 0.15) is 43.4 Å². The van der Waals surface area contributed by atoms with Crippen LogP contribution in [0.4, 0.5) is 4.79 Å². The largest absolute Gasteiger partial charge is 0.466 e. The molecule has 0 aromatic carbocycles. The maximum Gasteiger partial charge on any atom is 0.315 e. The number of rotatable bonds is 1. The van der Waals surface area contributed by atoms with Gasteiger partial charge in [-0.3, -0.25) is 0 Å². The number of aryl methyl sites for hydroxylation is 1. The molecule has 0 fully saturated rings. The number of carbonyl (C=O) groups is 1. The van der Waals surface area contributed by atoms with Gasteiger partial charge in [-0.05, 0) is 24.8 Å². The van der Waals surface area contributed by atoms with Crippen molar-refractivity contribution in [1.82, 2.24) is 10.6 Å². The summed E-state index contributed by atoms with van der Waals surface area (Å²) in [6.45, 7) is 6.35. The fourth-order valence-corrected chi connectivity index (χ4v) is 2.54. The molecule has 1 atom stereocenters. The topological polar surface area (TPSA) is 54.3 Å². The first-order valence-corrected chi connectivity index (χ1v) is 5.99. The lowest BCUT2D eigenvalue weighted by molar-refractivity contribution is 0.216. The van der Waals surface area contributed by atoms with E-state index in [1.165, 1.54) is 0 Å². The van der Waals surface area contributed by atoms with Gasteiger partial charge in [0, 0.05) is 19.0 Å². The van der Waals surface area contributed by atoms with Crippen molar-refractivity contribution in [3.8, 4) is 0 Å². The third-order valence-corrected chi connectivity index (χ3v) is 3.27. The Kier molecular flexibility index (Phi) is 2.89. The van der Waals surface area contributed by atoms with Crippen LogP contribution in [0.3, 0.4) is 0 Å². The molecule has 0 spiro atoms. The third kappa shape index (κ3) is 2.46. The van der Waals surface area contributed by atoms with Gasteiger partial charge in [0.25, 0.3) is 0 Å². The SMILES string of the molecule is CNC(=O)N[C@H]1CC(C)(C)Cc2oc(C)cc21. The number of fused-ring (bicyclic) bond motifs is 1. The Balaban J connectivity index is 2.29. The molecule has 0 saturated carbocycles. The second-order valence-corrected chi connectivity index (χ2v) is 5.56. The van der Waals surface area contributed by atoms with Crippen LogP contribution in [0.25, 0.3) is 0 Å². The van der Waals surface area contributed by atoms with Gasteiger partial charge in [-0.25, -0.2) is 4.79 Å². The molecule has 4 heteroatoms. The van der Waals surface area contributed by atoms with Crippen molar-refractivity contribution in [2.75, 3.05) is 7.05 Å². The molecule has 0 radical (unpaired) electrons. The Morgan fingerprint density at radius 1 is 1.53 bits per heavy atom. The molecule has 0 bridgehead atoms. The molecule has 2 amide bonds. The van der Waals surface area contributed by atoms with Crippen LogP contribution in [-0.4, -0.2) is 13.1 Å². The van der Waals surface area contributed by atoms with Gasteiger partial charge in [0.2, 0.25) is 0 Å². The number of furan rings is 1. The van der Waals surface area contributed by atoms with E-state index in [2.05, 4.69) is 24.5 Å². The first kappa shape index (κ1) is 12.0. The maximum atomic E-state index is 11.5. The fourth-order valence-electron chi connectivity index (χ4n) is 2.54. The average Bonchev–Trinajstić information content (AvgIpc) is 2.56. The van der Waals surface area contributed by atoms with Gasteiger partial charge in [0.15, 0.2) is 0 Å².